The second-order valence-electron chi connectivity index (χ2n) is 9.10. The monoisotopic (exact) mass is 395 g/mol. The Balaban J connectivity index is 1.27. The van der Waals surface area contributed by atoms with Gasteiger partial charge in [0.25, 0.3) is 0 Å². The van der Waals surface area contributed by atoms with E-state index in [0.717, 1.165) is 13.1 Å². The van der Waals surface area contributed by atoms with Gasteiger partial charge in [0.2, 0.25) is 0 Å². The molecule has 0 bridgehead atoms. The summed E-state index contributed by atoms with van der Waals surface area (Å²) in [6.45, 7) is 11.1. The standard InChI is InChI=1S/C24H33N3S/c1-2-6-23-22(5-1)18-27(17-21-7-16-28-19-21)20-24(23)8-12-26(13-9-24)15-14-25-10-3-4-11-25/h1-2,5-7,16,19H,3-4,8-15,17-18,20H2. The van der Waals surface area contributed by atoms with Crippen molar-refractivity contribution in [2.24, 2.45) is 0 Å². The molecule has 1 aromatic carbocycles. The lowest BCUT2D eigenvalue weighted by atomic mass is 9.69. The third-order valence-corrected chi connectivity index (χ3v) is 7.97. The first-order chi connectivity index (χ1) is 13.8. The Morgan fingerprint density at radius 3 is 2.36 bits per heavy atom. The van der Waals surface area contributed by atoms with Gasteiger partial charge in [0.1, 0.15) is 0 Å². The third kappa shape index (κ3) is 3.93. The van der Waals surface area contributed by atoms with Crippen LogP contribution in [-0.4, -0.2) is 60.5 Å². The van der Waals surface area contributed by atoms with Crippen LogP contribution in [0.2, 0.25) is 0 Å². The molecule has 28 heavy (non-hydrogen) atoms. The van der Waals surface area contributed by atoms with Gasteiger partial charge in [-0.2, -0.15) is 11.3 Å². The van der Waals surface area contributed by atoms with Gasteiger partial charge < -0.3 is 9.80 Å². The van der Waals surface area contributed by atoms with Gasteiger partial charge in [-0.3, -0.25) is 4.90 Å². The fourth-order valence-electron chi connectivity index (χ4n) is 5.66. The number of rotatable bonds is 5. The molecule has 3 nitrogen and oxygen atoms in total. The zero-order chi connectivity index (χ0) is 18.8. The quantitative estimate of drug-likeness (QED) is 0.751. The Kier molecular flexibility index (Phi) is 5.56. The lowest BCUT2D eigenvalue weighted by Crippen LogP contribution is -2.52. The Morgan fingerprint density at radius 2 is 1.61 bits per heavy atom. The number of piperidine rings is 1. The van der Waals surface area contributed by atoms with Crippen LogP contribution in [0.4, 0.5) is 0 Å². The maximum Gasteiger partial charge on any atom is 0.0245 e. The first-order valence-corrected chi connectivity index (χ1v) is 12.0. The molecule has 4 heteroatoms. The summed E-state index contributed by atoms with van der Waals surface area (Å²) < 4.78 is 0. The average Bonchev–Trinajstić information content (AvgIpc) is 3.42. The zero-order valence-corrected chi connectivity index (χ0v) is 17.8. The molecule has 0 aliphatic carbocycles. The van der Waals surface area contributed by atoms with Gasteiger partial charge in [0.05, 0.1) is 0 Å². The SMILES string of the molecule is c1ccc2c(c1)CN(Cc1ccsc1)CC21CCN(CCN2CCCC2)CC1. The fraction of sp³-hybridized carbons (Fsp3) is 0.583. The highest BCUT2D eigenvalue weighted by atomic mass is 32.1. The van der Waals surface area contributed by atoms with E-state index in [1.54, 1.807) is 11.1 Å². The van der Waals surface area contributed by atoms with E-state index in [-0.39, 0.29) is 0 Å². The Morgan fingerprint density at radius 1 is 0.857 bits per heavy atom. The van der Waals surface area contributed by atoms with Crippen LogP contribution in [-0.2, 0) is 18.5 Å². The second kappa shape index (κ2) is 8.27. The normalized spacial score (nSPS) is 23.3. The van der Waals surface area contributed by atoms with Gasteiger partial charge in [-0.15, -0.1) is 0 Å². The third-order valence-electron chi connectivity index (χ3n) is 7.24. The Labute approximate surface area is 174 Å². The molecular weight excluding hydrogens is 362 g/mol. The second-order valence-corrected chi connectivity index (χ2v) is 9.88. The van der Waals surface area contributed by atoms with Crippen LogP contribution in [0.1, 0.15) is 42.4 Å². The number of benzene rings is 1. The minimum atomic E-state index is 0.356. The first-order valence-electron chi connectivity index (χ1n) is 11.1. The van der Waals surface area contributed by atoms with E-state index in [2.05, 4.69) is 55.8 Å². The summed E-state index contributed by atoms with van der Waals surface area (Å²) in [5, 5.41) is 4.52. The molecule has 4 heterocycles. The van der Waals surface area contributed by atoms with Crippen molar-refractivity contribution in [2.45, 2.75) is 44.2 Å². The van der Waals surface area contributed by atoms with Crippen molar-refractivity contribution < 1.29 is 0 Å². The van der Waals surface area contributed by atoms with Crippen molar-refractivity contribution in [1.29, 1.82) is 0 Å². The van der Waals surface area contributed by atoms with Crippen molar-refractivity contribution in [2.75, 3.05) is 45.8 Å². The van der Waals surface area contributed by atoms with Crippen molar-refractivity contribution in [1.82, 2.24) is 14.7 Å². The smallest absolute Gasteiger partial charge is 0.0245 e. The number of hydrogen-bond donors (Lipinski definition) is 0. The molecule has 3 aliphatic rings. The van der Waals surface area contributed by atoms with E-state index in [1.165, 1.54) is 77.1 Å². The molecule has 5 rings (SSSR count). The summed E-state index contributed by atoms with van der Waals surface area (Å²) in [4.78, 5) is 8.08. The number of nitrogens with zero attached hydrogens (tertiary/aromatic N) is 3. The number of fused-ring (bicyclic) bond motifs is 2. The molecule has 0 saturated carbocycles. The minimum absolute atomic E-state index is 0.356. The summed E-state index contributed by atoms with van der Waals surface area (Å²) >= 11 is 1.82. The van der Waals surface area contributed by atoms with E-state index in [0.29, 0.717) is 5.41 Å². The topological polar surface area (TPSA) is 9.72 Å². The van der Waals surface area contributed by atoms with Crippen LogP contribution in [0.15, 0.2) is 41.1 Å². The highest BCUT2D eigenvalue weighted by Crippen LogP contribution is 2.42. The first kappa shape index (κ1) is 18.8. The summed E-state index contributed by atoms with van der Waals surface area (Å²) in [5.74, 6) is 0. The number of hydrogen-bond acceptors (Lipinski definition) is 4. The van der Waals surface area contributed by atoms with Crippen LogP contribution < -0.4 is 0 Å². The molecule has 150 valence electrons. The van der Waals surface area contributed by atoms with Gasteiger partial charge in [0, 0.05) is 38.1 Å². The van der Waals surface area contributed by atoms with Crippen LogP contribution in [0.3, 0.4) is 0 Å². The number of likely N-dealkylation sites (tertiary alicyclic amines) is 2. The van der Waals surface area contributed by atoms with Crippen LogP contribution in [0.25, 0.3) is 0 Å². The zero-order valence-electron chi connectivity index (χ0n) is 17.0. The van der Waals surface area contributed by atoms with Gasteiger partial charge >= 0.3 is 0 Å². The molecule has 2 fully saturated rings. The average molecular weight is 396 g/mol. The van der Waals surface area contributed by atoms with E-state index in [9.17, 15) is 0 Å². The minimum Gasteiger partial charge on any atom is -0.302 e. The van der Waals surface area contributed by atoms with Crippen molar-refractivity contribution in [3.05, 3.63) is 57.8 Å². The maximum atomic E-state index is 2.73. The molecule has 0 atom stereocenters. The van der Waals surface area contributed by atoms with E-state index < -0.39 is 0 Å². The van der Waals surface area contributed by atoms with Crippen molar-refractivity contribution in [3.63, 3.8) is 0 Å². The molecule has 1 spiro atoms. The molecule has 0 N–H and O–H groups in total. The van der Waals surface area contributed by atoms with E-state index in [4.69, 9.17) is 0 Å². The maximum absolute atomic E-state index is 2.73. The predicted molar refractivity (Wildman–Crippen MR) is 118 cm³/mol. The summed E-state index contributed by atoms with van der Waals surface area (Å²) in [6, 6.07) is 11.6. The van der Waals surface area contributed by atoms with Crippen molar-refractivity contribution in [3.8, 4) is 0 Å². The Hall–Kier alpha value is -1.20. The van der Waals surface area contributed by atoms with E-state index >= 15 is 0 Å². The lowest BCUT2D eigenvalue weighted by molar-refractivity contribution is 0.0896. The molecule has 2 saturated heterocycles. The molecular formula is C24H33N3S. The number of thiophene rings is 1. The van der Waals surface area contributed by atoms with Crippen LogP contribution in [0.5, 0.6) is 0 Å². The van der Waals surface area contributed by atoms with Gasteiger partial charge in [-0.1, -0.05) is 24.3 Å². The van der Waals surface area contributed by atoms with Gasteiger partial charge in [-0.05, 0) is 85.4 Å². The molecule has 1 aromatic heterocycles. The largest absolute Gasteiger partial charge is 0.302 e. The highest BCUT2D eigenvalue weighted by molar-refractivity contribution is 7.07. The highest BCUT2D eigenvalue weighted by Gasteiger charge is 2.41. The summed E-state index contributed by atoms with van der Waals surface area (Å²) in [7, 11) is 0. The summed E-state index contributed by atoms with van der Waals surface area (Å²) in [6.07, 6.45) is 5.42. The molecule has 2 aromatic rings. The van der Waals surface area contributed by atoms with Gasteiger partial charge in [0.15, 0.2) is 0 Å². The van der Waals surface area contributed by atoms with Crippen LogP contribution >= 0.6 is 11.3 Å². The summed E-state index contributed by atoms with van der Waals surface area (Å²) in [5.41, 5.74) is 5.04. The lowest BCUT2D eigenvalue weighted by Gasteiger charge is -2.49. The fourth-order valence-corrected chi connectivity index (χ4v) is 6.32. The molecule has 0 unspecified atom stereocenters. The van der Waals surface area contributed by atoms with Crippen LogP contribution in [0, 0.1) is 0 Å². The van der Waals surface area contributed by atoms with Gasteiger partial charge in [-0.25, -0.2) is 0 Å². The van der Waals surface area contributed by atoms with E-state index in [1.807, 2.05) is 11.3 Å². The molecule has 0 amide bonds. The molecule has 3 aliphatic heterocycles. The predicted octanol–water partition coefficient (Wildman–Crippen LogP) is 4.19. The molecule has 0 radical (unpaired) electrons. The Bertz CT molecular complexity index is 758. The van der Waals surface area contributed by atoms with Crippen molar-refractivity contribution >= 4 is 11.3 Å².